The Bertz CT molecular complexity index is 296. The third-order valence-electron chi connectivity index (χ3n) is 1.68. The highest BCUT2D eigenvalue weighted by Crippen LogP contribution is 2.42. The summed E-state index contributed by atoms with van der Waals surface area (Å²) in [5.41, 5.74) is 0.0974. The molecule has 0 spiro atoms. The van der Waals surface area contributed by atoms with Crippen molar-refractivity contribution in [3.63, 3.8) is 0 Å². The molecule has 4 nitrogen and oxygen atoms in total. The summed E-state index contributed by atoms with van der Waals surface area (Å²) in [5, 5.41) is 27.4. The van der Waals surface area contributed by atoms with Crippen LogP contribution in [0, 0.1) is 0 Å². The number of hydrogen-bond donors (Lipinski definition) is 4. The van der Waals surface area contributed by atoms with Gasteiger partial charge in [-0.15, -0.1) is 0 Å². The quantitative estimate of drug-likeness (QED) is 0.477. The standard InChI is InChI=1S/C8H13NO3/c1-8(2,3)6-4(10)5(11)7(12)9-6/h9-12H,1-3H3. The monoisotopic (exact) mass is 171 g/mol. The van der Waals surface area contributed by atoms with Crippen LogP contribution in [0.15, 0.2) is 0 Å². The van der Waals surface area contributed by atoms with E-state index in [1.54, 1.807) is 0 Å². The molecule has 4 N–H and O–H groups in total. The fourth-order valence-electron chi connectivity index (χ4n) is 1.01. The molecule has 0 unspecified atom stereocenters. The van der Waals surface area contributed by atoms with E-state index in [4.69, 9.17) is 10.2 Å². The Labute approximate surface area is 70.5 Å². The first-order chi connectivity index (χ1) is 5.34. The van der Waals surface area contributed by atoms with Crippen molar-refractivity contribution in [3.05, 3.63) is 5.69 Å². The van der Waals surface area contributed by atoms with Gasteiger partial charge >= 0.3 is 0 Å². The van der Waals surface area contributed by atoms with Crippen LogP contribution in [0.2, 0.25) is 0 Å². The minimum absolute atomic E-state index is 0.278. The topological polar surface area (TPSA) is 76.5 Å². The van der Waals surface area contributed by atoms with Gasteiger partial charge in [0, 0.05) is 5.41 Å². The molecule has 0 aromatic carbocycles. The molecule has 0 aliphatic carbocycles. The largest absolute Gasteiger partial charge is 0.503 e. The van der Waals surface area contributed by atoms with E-state index >= 15 is 0 Å². The first-order valence-corrected chi connectivity index (χ1v) is 3.67. The second-order valence-corrected chi connectivity index (χ2v) is 3.80. The lowest BCUT2D eigenvalue weighted by molar-refractivity contribution is 0.369. The smallest absolute Gasteiger partial charge is 0.236 e. The van der Waals surface area contributed by atoms with Gasteiger partial charge in [0.2, 0.25) is 11.6 Å². The van der Waals surface area contributed by atoms with Gasteiger partial charge in [-0.1, -0.05) is 20.8 Å². The number of aromatic hydroxyl groups is 3. The number of nitrogens with one attached hydrogen (secondary N) is 1. The third-order valence-corrected chi connectivity index (χ3v) is 1.68. The second kappa shape index (κ2) is 2.33. The first-order valence-electron chi connectivity index (χ1n) is 3.67. The van der Waals surface area contributed by atoms with E-state index in [-0.39, 0.29) is 11.2 Å². The molecule has 0 bridgehead atoms. The summed E-state index contributed by atoms with van der Waals surface area (Å²) in [5.74, 6) is -1.16. The Kier molecular flexibility index (Phi) is 1.71. The number of aromatic nitrogens is 1. The molecule has 68 valence electrons. The molecule has 1 aromatic heterocycles. The molecule has 0 aliphatic heterocycles. The number of H-pyrrole nitrogens is 1. The van der Waals surface area contributed by atoms with Gasteiger partial charge in [0.1, 0.15) is 0 Å². The molecule has 1 aromatic rings. The summed E-state index contributed by atoms with van der Waals surface area (Å²) in [7, 11) is 0. The summed E-state index contributed by atoms with van der Waals surface area (Å²) >= 11 is 0. The summed E-state index contributed by atoms with van der Waals surface area (Å²) in [6.45, 7) is 5.58. The lowest BCUT2D eigenvalue weighted by atomic mass is 9.92. The average Bonchev–Trinajstić information content (AvgIpc) is 2.15. The van der Waals surface area contributed by atoms with Crippen LogP contribution < -0.4 is 0 Å². The molecular formula is C8H13NO3. The molecule has 4 heteroatoms. The van der Waals surface area contributed by atoms with Crippen molar-refractivity contribution in [2.24, 2.45) is 0 Å². The van der Waals surface area contributed by atoms with E-state index in [2.05, 4.69) is 4.98 Å². The van der Waals surface area contributed by atoms with E-state index in [1.165, 1.54) is 0 Å². The fraction of sp³-hybridized carbons (Fsp3) is 0.500. The Morgan fingerprint density at radius 2 is 1.50 bits per heavy atom. The zero-order chi connectivity index (χ0) is 9.52. The number of hydrogen-bond acceptors (Lipinski definition) is 3. The maximum Gasteiger partial charge on any atom is 0.236 e. The maximum absolute atomic E-state index is 9.31. The highest BCUT2D eigenvalue weighted by atomic mass is 16.3. The lowest BCUT2D eigenvalue weighted by Crippen LogP contribution is -2.11. The molecule has 0 saturated carbocycles. The molecule has 1 rings (SSSR count). The Balaban J connectivity index is 3.28. The normalized spacial score (nSPS) is 11.9. The van der Waals surface area contributed by atoms with Gasteiger partial charge in [-0.2, -0.15) is 0 Å². The Hall–Kier alpha value is -1.32. The van der Waals surface area contributed by atoms with Crippen LogP contribution in [0.1, 0.15) is 26.5 Å². The summed E-state index contributed by atoms with van der Waals surface area (Å²) < 4.78 is 0. The summed E-state index contributed by atoms with van der Waals surface area (Å²) in [6, 6.07) is 0. The SMILES string of the molecule is CC(C)(C)c1[nH]c(O)c(O)c1O. The summed E-state index contributed by atoms with van der Waals surface area (Å²) in [4.78, 5) is 2.51. The minimum atomic E-state index is -0.486. The summed E-state index contributed by atoms with van der Waals surface area (Å²) in [6.07, 6.45) is 0. The van der Waals surface area contributed by atoms with Crippen molar-refractivity contribution in [1.82, 2.24) is 4.98 Å². The average molecular weight is 171 g/mol. The highest BCUT2D eigenvalue weighted by molar-refractivity contribution is 5.52. The molecule has 0 amide bonds. The van der Waals surface area contributed by atoms with Crippen LogP contribution in [-0.4, -0.2) is 20.3 Å². The van der Waals surface area contributed by atoms with Crippen molar-refractivity contribution in [1.29, 1.82) is 0 Å². The van der Waals surface area contributed by atoms with Crippen LogP contribution in [0.25, 0.3) is 0 Å². The zero-order valence-corrected chi connectivity index (χ0v) is 7.34. The van der Waals surface area contributed by atoms with Crippen LogP contribution in [0.3, 0.4) is 0 Å². The van der Waals surface area contributed by atoms with Gasteiger partial charge in [-0.3, -0.25) is 0 Å². The van der Waals surface area contributed by atoms with Crippen LogP contribution >= 0.6 is 0 Å². The van der Waals surface area contributed by atoms with E-state index in [1.807, 2.05) is 20.8 Å². The van der Waals surface area contributed by atoms with Crippen LogP contribution in [-0.2, 0) is 5.41 Å². The van der Waals surface area contributed by atoms with Gasteiger partial charge in [0.05, 0.1) is 5.69 Å². The van der Waals surface area contributed by atoms with Crippen LogP contribution in [0.4, 0.5) is 0 Å². The Morgan fingerprint density at radius 3 is 1.67 bits per heavy atom. The van der Waals surface area contributed by atoms with Crippen molar-refractivity contribution in [3.8, 4) is 17.4 Å². The molecule has 0 aliphatic rings. The lowest BCUT2D eigenvalue weighted by Gasteiger charge is -2.16. The van der Waals surface area contributed by atoms with Gasteiger partial charge in [-0.05, 0) is 0 Å². The van der Waals surface area contributed by atoms with Gasteiger partial charge in [0.25, 0.3) is 0 Å². The van der Waals surface area contributed by atoms with E-state index < -0.39 is 11.6 Å². The molecule has 1 heterocycles. The molecular weight excluding hydrogens is 158 g/mol. The van der Waals surface area contributed by atoms with E-state index in [0.717, 1.165) is 0 Å². The number of aromatic amines is 1. The van der Waals surface area contributed by atoms with Crippen molar-refractivity contribution in [2.75, 3.05) is 0 Å². The maximum atomic E-state index is 9.31. The van der Waals surface area contributed by atoms with Crippen LogP contribution in [0.5, 0.6) is 17.4 Å². The minimum Gasteiger partial charge on any atom is -0.503 e. The van der Waals surface area contributed by atoms with Gasteiger partial charge in [0.15, 0.2) is 5.75 Å². The van der Waals surface area contributed by atoms with Gasteiger partial charge in [-0.25, -0.2) is 0 Å². The Morgan fingerprint density at radius 1 is 1.00 bits per heavy atom. The molecule has 0 saturated heterocycles. The fourth-order valence-corrected chi connectivity index (χ4v) is 1.01. The molecule has 0 radical (unpaired) electrons. The third kappa shape index (κ3) is 1.20. The first kappa shape index (κ1) is 8.77. The highest BCUT2D eigenvalue weighted by Gasteiger charge is 2.25. The van der Waals surface area contributed by atoms with E-state index in [0.29, 0.717) is 5.69 Å². The second-order valence-electron chi connectivity index (χ2n) is 3.80. The molecule has 0 fully saturated rings. The molecule has 0 atom stereocenters. The van der Waals surface area contributed by atoms with Gasteiger partial charge < -0.3 is 20.3 Å². The number of rotatable bonds is 0. The predicted molar refractivity (Wildman–Crippen MR) is 44.5 cm³/mol. The van der Waals surface area contributed by atoms with Crippen molar-refractivity contribution >= 4 is 0 Å². The van der Waals surface area contributed by atoms with E-state index in [9.17, 15) is 5.11 Å². The predicted octanol–water partition coefficient (Wildman–Crippen LogP) is 1.43. The molecule has 12 heavy (non-hydrogen) atoms. The van der Waals surface area contributed by atoms with Crippen molar-refractivity contribution < 1.29 is 15.3 Å². The van der Waals surface area contributed by atoms with Crippen molar-refractivity contribution in [2.45, 2.75) is 26.2 Å². The zero-order valence-electron chi connectivity index (χ0n) is 7.34.